The van der Waals surface area contributed by atoms with Gasteiger partial charge in [-0.1, -0.05) is 55.3 Å². The van der Waals surface area contributed by atoms with E-state index in [2.05, 4.69) is 19.6 Å². The van der Waals surface area contributed by atoms with Crippen LogP contribution in [0.1, 0.15) is 43.2 Å². The van der Waals surface area contributed by atoms with E-state index in [1.54, 1.807) is 12.1 Å². The van der Waals surface area contributed by atoms with Crippen LogP contribution in [0, 0.1) is 12.8 Å². The Hall–Kier alpha value is -1.55. The lowest BCUT2D eigenvalue weighted by molar-refractivity contribution is 0.453. The topological polar surface area (TPSA) is 37.4 Å². The Morgan fingerprint density at radius 1 is 1.10 bits per heavy atom. The third-order valence-electron chi connectivity index (χ3n) is 5.59. The Balaban J connectivity index is 2.01. The minimum Gasteiger partial charge on any atom is -0.207 e. The molecule has 1 fully saturated rings. The standard InChI is InChI=1S/C24H27Cl2NO2S/c1-4-18(5-2)14-20-15-27(30(28,29)22-12-6-17(3)7-13-22)16-23(20)24(26)19-8-10-21(25)11-9-19/h6-13,23-24H,4-5,15-16H2,1-3H3/t23-,24-/m1/s1. The van der Waals surface area contributed by atoms with Gasteiger partial charge < -0.3 is 0 Å². The van der Waals surface area contributed by atoms with Gasteiger partial charge >= 0.3 is 0 Å². The van der Waals surface area contributed by atoms with Gasteiger partial charge in [0.2, 0.25) is 10.0 Å². The Morgan fingerprint density at radius 2 is 1.70 bits per heavy atom. The van der Waals surface area contributed by atoms with Gasteiger partial charge in [0.05, 0.1) is 10.3 Å². The fraction of sp³-hybridized carbons (Fsp3) is 0.375. The van der Waals surface area contributed by atoms with Crippen LogP contribution in [0.4, 0.5) is 0 Å². The zero-order chi connectivity index (χ0) is 21.9. The van der Waals surface area contributed by atoms with Crippen molar-refractivity contribution in [3.63, 3.8) is 0 Å². The number of rotatable bonds is 6. The highest BCUT2D eigenvalue weighted by Gasteiger charge is 2.39. The molecule has 3 rings (SSSR count). The molecule has 1 saturated heterocycles. The summed E-state index contributed by atoms with van der Waals surface area (Å²) in [6.07, 6.45) is 1.76. The summed E-state index contributed by atoms with van der Waals surface area (Å²) in [6, 6.07) is 14.4. The molecule has 0 aliphatic carbocycles. The zero-order valence-electron chi connectivity index (χ0n) is 17.5. The van der Waals surface area contributed by atoms with Crippen LogP contribution in [0.2, 0.25) is 5.02 Å². The first kappa shape index (κ1) is 23.1. The largest absolute Gasteiger partial charge is 0.243 e. The van der Waals surface area contributed by atoms with Gasteiger partial charge in [0.15, 0.2) is 0 Å². The van der Waals surface area contributed by atoms with Crippen molar-refractivity contribution >= 4 is 33.2 Å². The van der Waals surface area contributed by atoms with E-state index < -0.39 is 10.0 Å². The molecule has 2 aromatic carbocycles. The molecule has 0 saturated carbocycles. The minimum absolute atomic E-state index is 0.152. The predicted molar refractivity (Wildman–Crippen MR) is 125 cm³/mol. The second kappa shape index (κ2) is 9.72. The van der Waals surface area contributed by atoms with E-state index in [-0.39, 0.29) is 11.3 Å². The zero-order valence-corrected chi connectivity index (χ0v) is 19.9. The average Bonchev–Trinajstić information content (AvgIpc) is 3.17. The maximum absolute atomic E-state index is 13.3. The maximum Gasteiger partial charge on any atom is 0.243 e. The van der Waals surface area contributed by atoms with Crippen molar-refractivity contribution in [2.24, 2.45) is 5.92 Å². The summed E-state index contributed by atoms with van der Waals surface area (Å²) in [7, 11) is -3.61. The summed E-state index contributed by atoms with van der Waals surface area (Å²) < 4.78 is 28.1. The van der Waals surface area contributed by atoms with Gasteiger partial charge in [-0.3, -0.25) is 0 Å². The first-order valence-corrected chi connectivity index (χ1v) is 12.5. The minimum atomic E-state index is -3.61. The van der Waals surface area contributed by atoms with Gasteiger partial charge in [0, 0.05) is 24.0 Å². The number of nitrogens with zero attached hydrogens (tertiary/aromatic N) is 1. The fourth-order valence-electron chi connectivity index (χ4n) is 3.68. The van der Waals surface area contributed by atoms with Crippen LogP contribution in [0.15, 0.2) is 70.3 Å². The van der Waals surface area contributed by atoms with Crippen LogP contribution in [-0.4, -0.2) is 25.8 Å². The summed E-state index contributed by atoms with van der Waals surface area (Å²) in [4.78, 5) is 0.306. The molecule has 2 aromatic rings. The fourth-order valence-corrected chi connectivity index (χ4v) is 5.63. The van der Waals surface area contributed by atoms with Crippen LogP contribution in [0.3, 0.4) is 0 Å². The molecule has 1 heterocycles. The van der Waals surface area contributed by atoms with Gasteiger partial charge in [0.1, 0.15) is 0 Å². The number of aryl methyl sites for hydroxylation is 1. The summed E-state index contributed by atoms with van der Waals surface area (Å²) in [5, 5.41) is 0.283. The van der Waals surface area contributed by atoms with E-state index in [1.807, 2.05) is 43.3 Å². The SMILES string of the molecule is CCC(=C=C1CN(S(=O)(=O)c2ccc(C)cc2)C[C@H]1[C@H](Cl)c1ccc(Cl)cc1)CC. The lowest BCUT2D eigenvalue weighted by atomic mass is 9.93. The molecule has 0 bridgehead atoms. The Kier molecular flexibility index (Phi) is 7.49. The lowest BCUT2D eigenvalue weighted by Gasteiger charge is -2.19. The third-order valence-corrected chi connectivity index (χ3v) is 8.22. The molecule has 2 atom stereocenters. The van der Waals surface area contributed by atoms with Crippen LogP contribution in [-0.2, 0) is 10.0 Å². The molecular formula is C24H27Cl2NO2S. The molecule has 6 heteroatoms. The van der Waals surface area contributed by atoms with Crippen LogP contribution in [0.5, 0.6) is 0 Å². The van der Waals surface area contributed by atoms with Crippen LogP contribution < -0.4 is 0 Å². The smallest absolute Gasteiger partial charge is 0.207 e. The molecule has 160 valence electrons. The number of sulfonamides is 1. The van der Waals surface area contributed by atoms with Crippen molar-refractivity contribution in [1.82, 2.24) is 4.31 Å². The molecule has 3 nitrogen and oxygen atoms in total. The van der Waals surface area contributed by atoms with Gasteiger partial charge in [-0.15, -0.1) is 17.3 Å². The highest BCUT2D eigenvalue weighted by Crippen LogP contribution is 2.40. The second-order valence-electron chi connectivity index (χ2n) is 7.63. The molecule has 0 spiro atoms. The Morgan fingerprint density at radius 3 is 2.27 bits per heavy atom. The quantitative estimate of drug-likeness (QED) is 0.361. The Labute approximate surface area is 190 Å². The first-order valence-electron chi connectivity index (χ1n) is 10.2. The summed E-state index contributed by atoms with van der Waals surface area (Å²) in [5.74, 6) is -0.152. The highest BCUT2D eigenvalue weighted by atomic mass is 35.5. The number of hydrogen-bond donors (Lipinski definition) is 0. The van der Waals surface area contributed by atoms with Crippen molar-refractivity contribution in [2.75, 3.05) is 13.1 Å². The van der Waals surface area contributed by atoms with E-state index in [9.17, 15) is 8.42 Å². The van der Waals surface area contributed by atoms with Gasteiger partial charge in [-0.2, -0.15) is 4.31 Å². The summed E-state index contributed by atoms with van der Waals surface area (Å²) in [6.45, 7) is 6.76. The van der Waals surface area contributed by atoms with E-state index >= 15 is 0 Å². The number of hydrogen-bond acceptors (Lipinski definition) is 2. The molecule has 1 aliphatic heterocycles. The summed E-state index contributed by atoms with van der Waals surface area (Å²) >= 11 is 12.9. The molecule has 1 aliphatic rings. The molecule has 30 heavy (non-hydrogen) atoms. The second-order valence-corrected chi connectivity index (χ2v) is 10.5. The van der Waals surface area contributed by atoms with Gasteiger partial charge in [0.25, 0.3) is 0 Å². The number of halogens is 2. The normalized spacial score (nSPS) is 18.3. The van der Waals surface area contributed by atoms with E-state index in [0.29, 0.717) is 23.0 Å². The van der Waals surface area contributed by atoms with Crippen LogP contribution >= 0.6 is 23.2 Å². The number of alkyl halides is 1. The molecule has 0 aromatic heterocycles. The molecule has 0 unspecified atom stereocenters. The average molecular weight is 464 g/mol. The van der Waals surface area contributed by atoms with Crippen LogP contribution in [0.25, 0.3) is 0 Å². The van der Waals surface area contributed by atoms with Crippen molar-refractivity contribution in [2.45, 2.75) is 43.9 Å². The molecular weight excluding hydrogens is 437 g/mol. The summed E-state index contributed by atoms with van der Waals surface area (Å²) in [5.41, 5.74) is 7.57. The maximum atomic E-state index is 13.3. The molecule has 0 radical (unpaired) electrons. The molecule has 0 amide bonds. The molecule has 0 N–H and O–H groups in total. The van der Waals surface area contributed by atoms with E-state index in [1.165, 1.54) is 9.88 Å². The first-order chi connectivity index (χ1) is 14.3. The Bertz CT molecular complexity index is 1050. The lowest BCUT2D eigenvalue weighted by Crippen LogP contribution is -2.29. The van der Waals surface area contributed by atoms with Gasteiger partial charge in [-0.05, 0) is 60.7 Å². The van der Waals surface area contributed by atoms with Crippen molar-refractivity contribution < 1.29 is 8.42 Å². The van der Waals surface area contributed by atoms with Crippen molar-refractivity contribution in [3.8, 4) is 0 Å². The van der Waals surface area contributed by atoms with E-state index in [4.69, 9.17) is 23.2 Å². The van der Waals surface area contributed by atoms with Gasteiger partial charge in [-0.25, -0.2) is 8.42 Å². The van der Waals surface area contributed by atoms with Crippen molar-refractivity contribution in [1.29, 1.82) is 0 Å². The third kappa shape index (κ3) is 5.01. The number of benzene rings is 2. The van der Waals surface area contributed by atoms with E-state index in [0.717, 1.165) is 29.5 Å². The predicted octanol–water partition coefficient (Wildman–Crippen LogP) is 6.52. The highest BCUT2D eigenvalue weighted by molar-refractivity contribution is 7.89. The monoisotopic (exact) mass is 463 g/mol. The van der Waals surface area contributed by atoms with Crippen molar-refractivity contribution in [3.05, 3.63) is 81.6 Å².